The predicted octanol–water partition coefficient (Wildman–Crippen LogP) is 2.39. The summed E-state index contributed by atoms with van der Waals surface area (Å²) in [6, 6.07) is 1.92. The fourth-order valence-corrected chi connectivity index (χ4v) is 2.50. The Labute approximate surface area is 113 Å². The van der Waals surface area contributed by atoms with Gasteiger partial charge in [-0.2, -0.15) is 0 Å². The van der Waals surface area contributed by atoms with E-state index in [2.05, 4.69) is 10.3 Å². The van der Waals surface area contributed by atoms with Gasteiger partial charge in [-0.15, -0.1) is 0 Å². The number of hydrogen-bond acceptors (Lipinski definition) is 4. The first-order valence-electron chi connectivity index (χ1n) is 6.37. The molecule has 3 N–H and O–H groups in total. The van der Waals surface area contributed by atoms with Crippen LogP contribution >= 0.6 is 11.6 Å². The summed E-state index contributed by atoms with van der Waals surface area (Å²) in [5.74, 6) is 1.13. The molecule has 1 fully saturated rings. The van der Waals surface area contributed by atoms with Crippen LogP contribution in [0.5, 0.6) is 0 Å². The molecule has 0 bridgehead atoms. The summed E-state index contributed by atoms with van der Waals surface area (Å²) in [5.41, 5.74) is 6.88. The van der Waals surface area contributed by atoms with E-state index in [0.717, 1.165) is 5.56 Å². The molecule has 18 heavy (non-hydrogen) atoms. The van der Waals surface area contributed by atoms with Gasteiger partial charge >= 0.3 is 0 Å². The first-order chi connectivity index (χ1) is 8.67. The lowest BCUT2D eigenvalue weighted by Crippen LogP contribution is -2.34. The van der Waals surface area contributed by atoms with Crippen LogP contribution in [0.2, 0.25) is 5.02 Å². The van der Waals surface area contributed by atoms with Crippen molar-refractivity contribution in [3.63, 3.8) is 0 Å². The lowest BCUT2D eigenvalue weighted by Gasteiger charge is -2.27. The van der Waals surface area contributed by atoms with Gasteiger partial charge in [0.05, 0.1) is 17.2 Å². The molecule has 5 heteroatoms. The largest absolute Gasteiger partial charge is 0.383 e. The summed E-state index contributed by atoms with van der Waals surface area (Å²) in [6.07, 6.45) is 4.15. The smallest absolute Gasteiger partial charge is 0.128 e. The number of nitrogens with two attached hydrogens (primary N) is 1. The molecule has 2 rings (SSSR count). The van der Waals surface area contributed by atoms with Gasteiger partial charge in [0.25, 0.3) is 0 Å². The molecule has 1 saturated carbocycles. The zero-order valence-electron chi connectivity index (χ0n) is 10.8. The van der Waals surface area contributed by atoms with Crippen LogP contribution in [0.3, 0.4) is 0 Å². The van der Waals surface area contributed by atoms with E-state index in [4.69, 9.17) is 22.1 Å². The summed E-state index contributed by atoms with van der Waals surface area (Å²) >= 11 is 6.01. The Balaban J connectivity index is 2.27. The molecule has 1 aromatic heterocycles. The SMILES string of the molecule is CCOC(C1CC1)C(NC)c1cc(Cl)cnc1N. The topological polar surface area (TPSA) is 60.2 Å². The van der Waals surface area contributed by atoms with E-state index in [1.54, 1.807) is 6.20 Å². The van der Waals surface area contributed by atoms with Crippen molar-refractivity contribution in [2.45, 2.75) is 31.9 Å². The molecule has 0 aliphatic heterocycles. The van der Waals surface area contributed by atoms with Crippen molar-refractivity contribution < 1.29 is 4.74 Å². The molecule has 0 aromatic carbocycles. The minimum absolute atomic E-state index is 0.0450. The van der Waals surface area contributed by atoms with E-state index in [1.807, 2.05) is 20.0 Å². The average Bonchev–Trinajstić information content (AvgIpc) is 3.17. The van der Waals surface area contributed by atoms with Crippen LogP contribution in [-0.4, -0.2) is 24.7 Å². The van der Waals surface area contributed by atoms with Gasteiger partial charge in [0.1, 0.15) is 5.82 Å². The number of ether oxygens (including phenoxy) is 1. The van der Waals surface area contributed by atoms with Gasteiger partial charge in [0, 0.05) is 18.4 Å². The average molecular weight is 270 g/mol. The lowest BCUT2D eigenvalue weighted by molar-refractivity contribution is 0.0206. The Kier molecular flexibility index (Phi) is 4.43. The Morgan fingerprint density at radius 3 is 2.89 bits per heavy atom. The van der Waals surface area contributed by atoms with Crippen LogP contribution in [0.15, 0.2) is 12.3 Å². The lowest BCUT2D eigenvalue weighted by atomic mass is 9.98. The van der Waals surface area contributed by atoms with Crippen LogP contribution in [0, 0.1) is 5.92 Å². The Bertz CT molecular complexity index is 409. The van der Waals surface area contributed by atoms with Gasteiger partial charge in [-0.1, -0.05) is 11.6 Å². The molecular weight excluding hydrogens is 250 g/mol. The number of halogens is 1. The molecule has 4 nitrogen and oxygen atoms in total. The van der Waals surface area contributed by atoms with Crippen molar-refractivity contribution in [3.05, 3.63) is 22.8 Å². The monoisotopic (exact) mass is 269 g/mol. The number of rotatable bonds is 6. The number of nitrogens with one attached hydrogen (secondary N) is 1. The summed E-state index contributed by atoms with van der Waals surface area (Å²) in [6.45, 7) is 2.72. The number of likely N-dealkylation sites (N-methyl/N-ethyl adjacent to an activating group) is 1. The Morgan fingerprint density at radius 1 is 1.61 bits per heavy atom. The molecule has 0 amide bonds. The van der Waals surface area contributed by atoms with E-state index in [1.165, 1.54) is 12.8 Å². The Morgan fingerprint density at radius 2 is 2.33 bits per heavy atom. The molecule has 100 valence electrons. The molecule has 0 spiro atoms. The standard InChI is InChI=1S/C13H20ClN3O/c1-3-18-12(8-4-5-8)11(16-2)10-6-9(14)7-17-13(10)15/h6-8,11-12,16H,3-5H2,1-2H3,(H2,15,17). The molecule has 1 heterocycles. The molecule has 1 aliphatic carbocycles. The highest BCUT2D eigenvalue weighted by Crippen LogP contribution is 2.41. The van der Waals surface area contributed by atoms with Crippen molar-refractivity contribution in [1.82, 2.24) is 10.3 Å². The predicted molar refractivity (Wildman–Crippen MR) is 73.6 cm³/mol. The van der Waals surface area contributed by atoms with E-state index in [9.17, 15) is 0 Å². The van der Waals surface area contributed by atoms with Gasteiger partial charge in [-0.25, -0.2) is 4.98 Å². The highest BCUT2D eigenvalue weighted by molar-refractivity contribution is 6.30. The normalized spacial score (nSPS) is 18.6. The highest BCUT2D eigenvalue weighted by atomic mass is 35.5. The number of nitrogens with zero attached hydrogens (tertiary/aromatic N) is 1. The van der Waals surface area contributed by atoms with Crippen molar-refractivity contribution in [2.24, 2.45) is 5.92 Å². The van der Waals surface area contributed by atoms with Gasteiger partial charge in [0.15, 0.2) is 0 Å². The molecule has 1 aromatic rings. The first kappa shape index (κ1) is 13.6. The number of pyridine rings is 1. The van der Waals surface area contributed by atoms with Crippen molar-refractivity contribution in [1.29, 1.82) is 0 Å². The maximum absolute atomic E-state index is 6.01. The molecule has 0 saturated heterocycles. The Hall–Kier alpha value is -0.840. The van der Waals surface area contributed by atoms with E-state index in [-0.39, 0.29) is 12.1 Å². The second-order valence-corrected chi connectivity index (χ2v) is 5.09. The van der Waals surface area contributed by atoms with Gasteiger partial charge < -0.3 is 15.8 Å². The molecular formula is C13H20ClN3O. The second-order valence-electron chi connectivity index (χ2n) is 4.65. The van der Waals surface area contributed by atoms with Gasteiger partial charge in [-0.05, 0) is 38.8 Å². The summed E-state index contributed by atoms with van der Waals surface area (Å²) in [5, 5.41) is 3.89. The molecule has 1 aliphatic rings. The third-order valence-corrected chi connectivity index (χ3v) is 3.54. The fourth-order valence-electron chi connectivity index (χ4n) is 2.33. The van der Waals surface area contributed by atoms with Crippen molar-refractivity contribution >= 4 is 17.4 Å². The quantitative estimate of drug-likeness (QED) is 0.833. The number of aromatic nitrogens is 1. The number of hydrogen-bond donors (Lipinski definition) is 2. The van der Waals surface area contributed by atoms with E-state index >= 15 is 0 Å². The summed E-state index contributed by atoms with van der Waals surface area (Å²) < 4.78 is 5.88. The maximum Gasteiger partial charge on any atom is 0.128 e. The van der Waals surface area contributed by atoms with Gasteiger partial charge in [-0.3, -0.25) is 0 Å². The zero-order chi connectivity index (χ0) is 13.1. The molecule has 2 unspecified atom stereocenters. The van der Waals surface area contributed by atoms with Crippen LogP contribution in [-0.2, 0) is 4.74 Å². The number of anilines is 1. The highest BCUT2D eigenvalue weighted by Gasteiger charge is 2.38. The minimum Gasteiger partial charge on any atom is -0.383 e. The fraction of sp³-hybridized carbons (Fsp3) is 0.615. The zero-order valence-corrected chi connectivity index (χ0v) is 11.6. The van der Waals surface area contributed by atoms with Crippen LogP contribution in [0.4, 0.5) is 5.82 Å². The summed E-state index contributed by atoms with van der Waals surface area (Å²) in [4.78, 5) is 4.12. The van der Waals surface area contributed by atoms with Crippen LogP contribution in [0.1, 0.15) is 31.4 Å². The number of nitrogen functional groups attached to an aromatic ring is 1. The molecule has 2 atom stereocenters. The van der Waals surface area contributed by atoms with Gasteiger partial charge in [0.2, 0.25) is 0 Å². The van der Waals surface area contributed by atoms with Crippen LogP contribution in [0.25, 0.3) is 0 Å². The second kappa shape index (κ2) is 5.87. The summed E-state index contributed by atoms with van der Waals surface area (Å²) in [7, 11) is 1.92. The molecule has 0 radical (unpaired) electrons. The maximum atomic E-state index is 6.01. The minimum atomic E-state index is 0.0450. The van der Waals surface area contributed by atoms with Crippen molar-refractivity contribution in [3.8, 4) is 0 Å². The third kappa shape index (κ3) is 2.94. The third-order valence-electron chi connectivity index (χ3n) is 3.34. The van der Waals surface area contributed by atoms with Crippen molar-refractivity contribution in [2.75, 3.05) is 19.4 Å². The van der Waals surface area contributed by atoms with Crippen LogP contribution < -0.4 is 11.1 Å². The van der Waals surface area contributed by atoms with E-state index in [0.29, 0.717) is 23.4 Å². The first-order valence-corrected chi connectivity index (χ1v) is 6.75. The van der Waals surface area contributed by atoms with E-state index < -0.39 is 0 Å².